The van der Waals surface area contributed by atoms with Crippen LogP contribution in [-0.2, 0) is 15.9 Å². The molecule has 1 aliphatic rings. The molecule has 0 radical (unpaired) electrons. The van der Waals surface area contributed by atoms with Gasteiger partial charge in [0.05, 0.1) is 12.0 Å². The predicted octanol–water partition coefficient (Wildman–Crippen LogP) is 2.10. The van der Waals surface area contributed by atoms with E-state index in [0.29, 0.717) is 0 Å². The van der Waals surface area contributed by atoms with Crippen LogP contribution in [-0.4, -0.2) is 19.8 Å². The molecule has 6 heteroatoms. The summed E-state index contributed by atoms with van der Waals surface area (Å²) in [5.74, 6) is 0. The van der Waals surface area contributed by atoms with Crippen molar-refractivity contribution in [1.82, 2.24) is 5.32 Å². The van der Waals surface area contributed by atoms with Gasteiger partial charge in [0.2, 0.25) is 0 Å². The molecule has 0 spiro atoms. The van der Waals surface area contributed by atoms with E-state index in [-0.39, 0.29) is 18.6 Å². The van der Waals surface area contributed by atoms with Crippen molar-refractivity contribution in [2.24, 2.45) is 0 Å². The Labute approximate surface area is 98.0 Å². The van der Waals surface area contributed by atoms with Gasteiger partial charge in [-0.3, -0.25) is 5.32 Å². The van der Waals surface area contributed by atoms with Crippen molar-refractivity contribution in [2.75, 3.05) is 13.7 Å². The Balaban J connectivity index is 0.00000112. The predicted molar refractivity (Wildman–Crippen MR) is 59.5 cm³/mol. The molecule has 0 saturated carbocycles. The number of halogens is 1. The molecular formula is C9H12ClNO3S. The van der Waals surface area contributed by atoms with E-state index in [4.69, 9.17) is 4.74 Å². The second-order valence-corrected chi connectivity index (χ2v) is 3.91. The summed E-state index contributed by atoms with van der Waals surface area (Å²) in [6, 6.07) is 2.06. The van der Waals surface area contributed by atoms with E-state index >= 15 is 0 Å². The molecule has 15 heavy (non-hydrogen) atoms. The zero-order valence-corrected chi connectivity index (χ0v) is 9.82. The molecule has 1 unspecified atom stereocenters. The quantitative estimate of drug-likeness (QED) is 0.775. The van der Waals surface area contributed by atoms with Gasteiger partial charge >= 0.3 is 6.16 Å². The molecule has 84 valence electrons. The van der Waals surface area contributed by atoms with Crippen LogP contribution in [0.25, 0.3) is 0 Å². The summed E-state index contributed by atoms with van der Waals surface area (Å²) in [6.45, 7) is 0.825. The molecule has 0 amide bonds. The average molecular weight is 250 g/mol. The summed E-state index contributed by atoms with van der Waals surface area (Å²) in [4.78, 5) is 12.0. The van der Waals surface area contributed by atoms with Crippen LogP contribution in [0.15, 0.2) is 11.4 Å². The van der Waals surface area contributed by atoms with Crippen LogP contribution >= 0.6 is 23.7 Å². The Kier molecular flexibility index (Phi) is 4.38. The lowest BCUT2D eigenvalue weighted by Gasteiger charge is -2.22. The molecule has 0 saturated heterocycles. The van der Waals surface area contributed by atoms with Gasteiger partial charge in [0.25, 0.3) is 0 Å². The topological polar surface area (TPSA) is 47.6 Å². The van der Waals surface area contributed by atoms with E-state index in [2.05, 4.69) is 16.1 Å². The fourth-order valence-electron chi connectivity index (χ4n) is 1.45. The standard InChI is InChI=1S/C9H11NO3S.ClH/c1-12-9(11)13-8-7-6(2-4-10-8)3-5-14-7;/h3,5,8,10H,2,4H2,1H3;1H. The average Bonchev–Trinajstić information content (AvgIpc) is 2.66. The first-order valence-corrected chi connectivity index (χ1v) is 5.23. The maximum atomic E-state index is 10.9. The minimum Gasteiger partial charge on any atom is -0.438 e. The zero-order chi connectivity index (χ0) is 9.97. The Morgan fingerprint density at radius 2 is 2.47 bits per heavy atom. The molecule has 0 aliphatic carbocycles. The third-order valence-electron chi connectivity index (χ3n) is 2.12. The second-order valence-electron chi connectivity index (χ2n) is 2.97. The Hall–Kier alpha value is -0.780. The molecule has 2 rings (SSSR count). The highest BCUT2D eigenvalue weighted by molar-refractivity contribution is 7.10. The van der Waals surface area contributed by atoms with Crippen LogP contribution < -0.4 is 5.32 Å². The molecule has 0 bridgehead atoms. The minimum absolute atomic E-state index is 0. The van der Waals surface area contributed by atoms with Gasteiger partial charge in [-0.05, 0) is 23.4 Å². The van der Waals surface area contributed by atoms with Crippen molar-refractivity contribution in [2.45, 2.75) is 12.6 Å². The molecule has 0 aromatic carbocycles. The Morgan fingerprint density at radius 1 is 1.67 bits per heavy atom. The SMILES string of the molecule is COC(=O)OC1NCCc2ccsc21.Cl. The van der Waals surface area contributed by atoms with Crippen LogP contribution in [0.3, 0.4) is 0 Å². The van der Waals surface area contributed by atoms with Gasteiger partial charge < -0.3 is 9.47 Å². The molecular weight excluding hydrogens is 238 g/mol. The largest absolute Gasteiger partial charge is 0.509 e. The Morgan fingerprint density at radius 3 is 3.20 bits per heavy atom. The lowest BCUT2D eigenvalue weighted by Crippen LogP contribution is -2.31. The van der Waals surface area contributed by atoms with Gasteiger partial charge in [-0.25, -0.2) is 4.79 Å². The van der Waals surface area contributed by atoms with Gasteiger partial charge in [0.15, 0.2) is 6.23 Å². The molecule has 1 aromatic heterocycles. The second kappa shape index (κ2) is 5.34. The fourth-order valence-corrected chi connectivity index (χ4v) is 2.41. The number of ether oxygens (including phenoxy) is 2. The first-order valence-electron chi connectivity index (χ1n) is 4.35. The van der Waals surface area contributed by atoms with E-state index in [1.165, 1.54) is 12.7 Å². The van der Waals surface area contributed by atoms with Gasteiger partial charge in [0, 0.05) is 6.54 Å². The van der Waals surface area contributed by atoms with Crippen molar-refractivity contribution in [3.63, 3.8) is 0 Å². The van der Waals surface area contributed by atoms with Crippen molar-refractivity contribution in [3.8, 4) is 0 Å². The summed E-state index contributed by atoms with van der Waals surface area (Å²) in [5, 5.41) is 5.12. The van der Waals surface area contributed by atoms with Gasteiger partial charge in [-0.1, -0.05) is 0 Å². The minimum atomic E-state index is -0.649. The van der Waals surface area contributed by atoms with E-state index in [0.717, 1.165) is 17.8 Å². The molecule has 2 heterocycles. The summed E-state index contributed by atoms with van der Waals surface area (Å²) in [6.07, 6.45) is -0.00481. The maximum Gasteiger partial charge on any atom is 0.509 e. The number of carbonyl (C=O) groups excluding carboxylic acids is 1. The number of fused-ring (bicyclic) bond motifs is 1. The number of rotatable bonds is 1. The van der Waals surface area contributed by atoms with Gasteiger partial charge in [-0.2, -0.15) is 0 Å². The highest BCUT2D eigenvalue weighted by Crippen LogP contribution is 2.28. The lowest BCUT2D eigenvalue weighted by molar-refractivity contribution is 0.0220. The molecule has 1 aromatic rings. The summed E-state index contributed by atoms with van der Waals surface area (Å²) in [5.41, 5.74) is 1.25. The molecule has 1 atom stereocenters. The van der Waals surface area contributed by atoms with Gasteiger partial charge in [0.1, 0.15) is 0 Å². The number of hydrogen-bond acceptors (Lipinski definition) is 5. The smallest absolute Gasteiger partial charge is 0.438 e. The first-order chi connectivity index (χ1) is 6.81. The molecule has 0 fully saturated rings. The molecule has 4 nitrogen and oxygen atoms in total. The fraction of sp³-hybridized carbons (Fsp3) is 0.444. The normalized spacial score (nSPS) is 18.6. The highest BCUT2D eigenvalue weighted by Gasteiger charge is 2.24. The van der Waals surface area contributed by atoms with Crippen molar-refractivity contribution in [1.29, 1.82) is 0 Å². The summed E-state index contributed by atoms with van der Waals surface area (Å²) in [7, 11) is 1.31. The zero-order valence-electron chi connectivity index (χ0n) is 8.19. The van der Waals surface area contributed by atoms with Gasteiger partial charge in [-0.15, -0.1) is 23.7 Å². The summed E-state index contributed by atoms with van der Waals surface area (Å²) < 4.78 is 9.51. The molecule has 1 aliphatic heterocycles. The monoisotopic (exact) mass is 249 g/mol. The van der Waals surface area contributed by atoms with Crippen LogP contribution in [0.5, 0.6) is 0 Å². The lowest BCUT2D eigenvalue weighted by atomic mass is 10.1. The van der Waals surface area contributed by atoms with Crippen LogP contribution in [0.2, 0.25) is 0 Å². The number of nitrogens with one attached hydrogen (secondary N) is 1. The third kappa shape index (κ3) is 2.62. The van der Waals surface area contributed by atoms with Crippen LogP contribution in [0.4, 0.5) is 4.79 Å². The number of thiophene rings is 1. The first kappa shape index (κ1) is 12.3. The van der Waals surface area contributed by atoms with Crippen LogP contribution in [0, 0.1) is 0 Å². The summed E-state index contributed by atoms with van der Waals surface area (Å²) >= 11 is 1.59. The van der Waals surface area contributed by atoms with Crippen LogP contribution in [0.1, 0.15) is 16.7 Å². The number of methoxy groups -OCH3 is 1. The van der Waals surface area contributed by atoms with Crippen molar-refractivity contribution >= 4 is 29.9 Å². The van der Waals surface area contributed by atoms with E-state index < -0.39 is 6.16 Å². The van der Waals surface area contributed by atoms with Crippen molar-refractivity contribution in [3.05, 3.63) is 21.9 Å². The van der Waals surface area contributed by atoms with Crippen molar-refractivity contribution < 1.29 is 14.3 Å². The molecule has 1 N–H and O–H groups in total. The maximum absolute atomic E-state index is 10.9. The van der Waals surface area contributed by atoms with E-state index in [1.54, 1.807) is 11.3 Å². The Bertz CT molecular complexity index is 342. The highest BCUT2D eigenvalue weighted by atomic mass is 35.5. The number of carbonyl (C=O) groups is 1. The number of hydrogen-bond donors (Lipinski definition) is 1. The third-order valence-corrected chi connectivity index (χ3v) is 3.13. The van der Waals surface area contributed by atoms with E-state index in [9.17, 15) is 4.79 Å². The van der Waals surface area contributed by atoms with E-state index in [1.807, 2.05) is 5.38 Å².